The normalized spacial score (nSPS) is 30.6. The number of rotatable bonds is 14. The number of fused-ring (bicyclic) bond motifs is 1. The largest absolute Gasteiger partial charge is 0.396 e. The van der Waals surface area contributed by atoms with Crippen molar-refractivity contribution >= 4 is 29.5 Å². The number of unbranched alkanes of at least 4 members (excludes halogenated alkanes) is 2. The Kier molecular flexibility index (Phi) is 9.72. The molecule has 0 aromatic rings. The molecule has 8 heteroatoms. The van der Waals surface area contributed by atoms with Gasteiger partial charge in [-0.1, -0.05) is 26.0 Å². The minimum atomic E-state index is -0.601. The molecular formula is C28H45N3O4S. The highest BCUT2D eigenvalue weighted by molar-refractivity contribution is 8.02. The van der Waals surface area contributed by atoms with Crippen molar-refractivity contribution in [3.05, 3.63) is 25.3 Å². The fourth-order valence-corrected chi connectivity index (χ4v) is 9.08. The number of hydrogen-bond acceptors (Lipinski definition) is 5. The van der Waals surface area contributed by atoms with Gasteiger partial charge in [0.05, 0.1) is 16.6 Å². The van der Waals surface area contributed by atoms with Gasteiger partial charge in [0.15, 0.2) is 0 Å². The second kappa shape index (κ2) is 12.2. The maximum absolute atomic E-state index is 14.2. The van der Waals surface area contributed by atoms with Crippen molar-refractivity contribution in [2.75, 3.05) is 32.8 Å². The molecule has 3 aliphatic rings. The molecule has 7 nitrogen and oxygen atoms in total. The minimum absolute atomic E-state index is 0.0266. The molecule has 3 aliphatic heterocycles. The summed E-state index contributed by atoms with van der Waals surface area (Å²) < 4.78 is -0.601. The molecule has 3 amide bonds. The van der Waals surface area contributed by atoms with Crippen LogP contribution in [-0.2, 0) is 14.4 Å². The molecule has 3 heterocycles. The molecule has 0 radical (unpaired) electrons. The van der Waals surface area contributed by atoms with E-state index in [1.165, 1.54) is 0 Å². The quantitative estimate of drug-likeness (QED) is 0.281. The first-order valence-corrected chi connectivity index (χ1v) is 14.5. The lowest BCUT2D eigenvalue weighted by molar-refractivity contribution is -0.145. The lowest BCUT2D eigenvalue weighted by Gasteiger charge is -2.41. The Bertz CT molecular complexity index is 849. The van der Waals surface area contributed by atoms with Crippen LogP contribution in [0.1, 0.15) is 59.8 Å². The van der Waals surface area contributed by atoms with E-state index in [1.54, 1.807) is 28.8 Å². The summed E-state index contributed by atoms with van der Waals surface area (Å²) in [7, 11) is 0. The van der Waals surface area contributed by atoms with Crippen LogP contribution in [0.5, 0.6) is 0 Å². The van der Waals surface area contributed by atoms with E-state index in [4.69, 9.17) is 0 Å². The van der Waals surface area contributed by atoms with Crippen LogP contribution in [0.3, 0.4) is 0 Å². The molecule has 6 atom stereocenters. The lowest BCUT2D eigenvalue weighted by atomic mass is 9.65. The molecule has 3 saturated heterocycles. The van der Waals surface area contributed by atoms with E-state index in [-0.39, 0.29) is 41.5 Å². The summed E-state index contributed by atoms with van der Waals surface area (Å²) in [5.41, 5.74) is 0. The first-order chi connectivity index (χ1) is 17.2. The van der Waals surface area contributed by atoms with Gasteiger partial charge in [0, 0.05) is 44.1 Å². The summed E-state index contributed by atoms with van der Waals surface area (Å²) in [4.78, 5) is 47.8. The van der Waals surface area contributed by atoms with Crippen LogP contribution < -0.4 is 0 Å². The Morgan fingerprint density at radius 2 is 1.89 bits per heavy atom. The average Bonchev–Trinajstić information content (AvgIpc) is 3.43. The van der Waals surface area contributed by atoms with E-state index in [0.717, 1.165) is 25.7 Å². The number of nitrogens with zero attached hydrogens (tertiary/aromatic N) is 3. The van der Waals surface area contributed by atoms with Gasteiger partial charge in [-0.25, -0.2) is 0 Å². The van der Waals surface area contributed by atoms with E-state index in [9.17, 15) is 19.5 Å². The third kappa shape index (κ3) is 4.87. The molecule has 3 unspecified atom stereocenters. The van der Waals surface area contributed by atoms with E-state index in [2.05, 4.69) is 20.1 Å². The Balaban J connectivity index is 2.04. The molecule has 0 aromatic carbocycles. The van der Waals surface area contributed by atoms with Crippen LogP contribution in [0.15, 0.2) is 25.3 Å². The summed E-state index contributed by atoms with van der Waals surface area (Å²) in [5, 5.41) is 9.27. The molecule has 1 spiro atoms. The van der Waals surface area contributed by atoms with Crippen molar-refractivity contribution in [3.8, 4) is 0 Å². The Hall–Kier alpha value is -1.80. The van der Waals surface area contributed by atoms with Gasteiger partial charge in [-0.3, -0.25) is 14.4 Å². The molecule has 1 N–H and O–H groups in total. The third-order valence-electron chi connectivity index (χ3n) is 8.21. The maximum Gasteiger partial charge on any atom is 0.247 e. The van der Waals surface area contributed by atoms with E-state index in [0.29, 0.717) is 32.6 Å². The molecule has 36 heavy (non-hydrogen) atoms. The zero-order valence-corrected chi connectivity index (χ0v) is 23.3. The maximum atomic E-state index is 14.2. The number of thioether (sulfide) groups is 1. The number of hydrogen-bond donors (Lipinski definition) is 1. The summed E-state index contributed by atoms with van der Waals surface area (Å²) in [6, 6.07) is -0.616. The summed E-state index contributed by atoms with van der Waals surface area (Å²) in [6.07, 6.45) is 7.35. The van der Waals surface area contributed by atoms with E-state index in [1.807, 2.05) is 30.6 Å². The highest BCUT2D eigenvalue weighted by Gasteiger charge is 2.76. The highest BCUT2D eigenvalue weighted by atomic mass is 32.2. The molecule has 0 aromatic heterocycles. The molecule has 3 rings (SSSR count). The smallest absolute Gasteiger partial charge is 0.247 e. The minimum Gasteiger partial charge on any atom is -0.396 e. The molecular weight excluding hydrogens is 474 g/mol. The van der Waals surface area contributed by atoms with Crippen LogP contribution in [0, 0.1) is 17.8 Å². The molecule has 0 aliphatic carbocycles. The van der Waals surface area contributed by atoms with E-state index < -0.39 is 22.6 Å². The van der Waals surface area contributed by atoms with E-state index >= 15 is 0 Å². The summed E-state index contributed by atoms with van der Waals surface area (Å²) in [6.45, 7) is 18.0. The van der Waals surface area contributed by atoms with Gasteiger partial charge in [0.1, 0.15) is 6.04 Å². The standard InChI is InChI=1S/C28H45N3O4S/c1-7-13-29(14-8-2)25(33)22-21-18-20(6)28(36-21)23(22)26(34)31(16-11-10-12-17-32)24(28)27(35)30(15-9-3)19(4)5/h7,9,19-24,32H,1,3,8,10-18H2,2,4-6H3/t20?,21-,22+,23-,24?,28?/m0/s1. The second-order valence-corrected chi connectivity index (χ2v) is 12.4. The fraction of sp³-hybridized carbons (Fsp3) is 0.750. The molecule has 2 bridgehead atoms. The number of amides is 3. The van der Waals surface area contributed by atoms with Crippen molar-refractivity contribution in [1.29, 1.82) is 0 Å². The first kappa shape index (κ1) is 28.8. The van der Waals surface area contributed by atoms with Gasteiger partial charge in [0.25, 0.3) is 0 Å². The predicted octanol–water partition coefficient (Wildman–Crippen LogP) is 3.33. The first-order valence-electron chi connectivity index (χ1n) is 13.6. The second-order valence-electron chi connectivity index (χ2n) is 10.8. The Morgan fingerprint density at radius 3 is 2.47 bits per heavy atom. The van der Waals surface area contributed by atoms with Gasteiger partial charge in [-0.05, 0) is 51.9 Å². The molecule has 202 valence electrons. The topological polar surface area (TPSA) is 81.2 Å². The van der Waals surface area contributed by atoms with Crippen molar-refractivity contribution in [2.24, 2.45) is 17.8 Å². The van der Waals surface area contributed by atoms with Crippen molar-refractivity contribution in [2.45, 2.75) is 81.9 Å². The lowest BCUT2D eigenvalue weighted by Crippen LogP contribution is -2.58. The summed E-state index contributed by atoms with van der Waals surface area (Å²) in [5.74, 6) is -0.797. The van der Waals surface area contributed by atoms with Gasteiger partial charge < -0.3 is 19.8 Å². The van der Waals surface area contributed by atoms with Crippen LogP contribution in [-0.4, -0.2) is 92.4 Å². The highest BCUT2D eigenvalue weighted by Crippen LogP contribution is 2.69. The Morgan fingerprint density at radius 1 is 1.19 bits per heavy atom. The number of carbonyl (C=O) groups is 3. The van der Waals surface area contributed by atoms with Crippen molar-refractivity contribution in [1.82, 2.24) is 14.7 Å². The SMILES string of the molecule is C=CCN(CCC)C(=O)[C@@H]1[C@@H]2CC(C)C3(S2)C(C(=O)N(CC=C)C(C)C)N(CCCCCO)C(=O)[C@H]13. The van der Waals surface area contributed by atoms with Crippen LogP contribution >= 0.6 is 11.8 Å². The number of likely N-dealkylation sites (tertiary alicyclic amines) is 1. The monoisotopic (exact) mass is 519 g/mol. The molecule has 3 fully saturated rings. The van der Waals surface area contributed by atoms with Crippen LogP contribution in [0.2, 0.25) is 0 Å². The number of aliphatic hydroxyl groups is 1. The van der Waals surface area contributed by atoms with Gasteiger partial charge in [-0.15, -0.1) is 24.9 Å². The predicted molar refractivity (Wildman–Crippen MR) is 145 cm³/mol. The third-order valence-corrected chi connectivity index (χ3v) is 10.3. The summed E-state index contributed by atoms with van der Waals surface area (Å²) >= 11 is 1.73. The Labute approximate surface area is 221 Å². The van der Waals surface area contributed by atoms with Crippen LogP contribution in [0.4, 0.5) is 0 Å². The van der Waals surface area contributed by atoms with Gasteiger partial charge in [-0.2, -0.15) is 0 Å². The zero-order valence-electron chi connectivity index (χ0n) is 22.5. The van der Waals surface area contributed by atoms with Crippen molar-refractivity contribution < 1.29 is 19.5 Å². The van der Waals surface area contributed by atoms with Gasteiger partial charge in [0.2, 0.25) is 17.7 Å². The van der Waals surface area contributed by atoms with Crippen molar-refractivity contribution in [3.63, 3.8) is 0 Å². The zero-order chi connectivity index (χ0) is 26.6. The van der Waals surface area contributed by atoms with Gasteiger partial charge >= 0.3 is 0 Å². The number of aliphatic hydroxyl groups excluding tert-OH is 1. The fourth-order valence-electron chi connectivity index (χ4n) is 6.67. The molecule has 0 saturated carbocycles. The van der Waals surface area contributed by atoms with Crippen LogP contribution in [0.25, 0.3) is 0 Å². The number of carbonyl (C=O) groups excluding carboxylic acids is 3. The average molecular weight is 520 g/mol.